The largest absolute Gasteiger partial charge is 0.497 e. The first-order chi connectivity index (χ1) is 12.1. The number of thiazole rings is 1. The lowest BCUT2D eigenvalue weighted by Crippen LogP contribution is -2.32. The van der Waals surface area contributed by atoms with Gasteiger partial charge in [-0.05, 0) is 50.4 Å². The third kappa shape index (κ3) is 4.15. The average Bonchev–Trinajstić information content (AvgIpc) is 3.05. The number of nitrogens with one attached hydrogen (secondary N) is 1. The summed E-state index contributed by atoms with van der Waals surface area (Å²) in [4.78, 5) is 19.0. The minimum Gasteiger partial charge on any atom is -0.497 e. The number of likely N-dealkylation sites (N-methyl/N-ethyl adjacent to an activating group) is 1. The smallest absolute Gasteiger partial charge is 0.238 e. The van der Waals surface area contributed by atoms with Gasteiger partial charge in [-0.3, -0.25) is 9.69 Å². The van der Waals surface area contributed by atoms with E-state index in [1.807, 2.05) is 54.4 Å². The number of aromatic nitrogens is 1. The van der Waals surface area contributed by atoms with Crippen LogP contribution in [0.2, 0.25) is 0 Å². The van der Waals surface area contributed by atoms with Gasteiger partial charge < -0.3 is 10.1 Å². The van der Waals surface area contributed by atoms with Gasteiger partial charge in [0.05, 0.1) is 29.9 Å². The van der Waals surface area contributed by atoms with Gasteiger partial charge in [-0.15, -0.1) is 11.3 Å². The number of fused-ring (bicyclic) bond motifs is 1. The van der Waals surface area contributed by atoms with Gasteiger partial charge in [-0.1, -0.05) is 12.1 Å². The summed E-state index contributed by atoms with van der Waals surface area (Å²) in [5.41, 5.74) is 1.76. The molecule has 0 aliphatic rings. The topological polar surface area (TPSA) is 54.5 Å². The van der Waals surface area contributed by atoms with Gasteiger partial charge in [0.15, 0.2) is 0 Å². The predicted octanol–water partition coefficient (Wildman–Crippen LogP) is 3.94. The highest BCUT2D eigenvalue weighted by molar-refractivity contribution is 7.18. The second-order valence-electron chi connectivity index (χ2n) is 5.89. The molecule has 2 aromatic carbocycles. The molecular formula is C19H21N3O2S. The fourth-order valence-corrected chi connectivity index (χ4v) is 3.58. The van der Waals surface area contributed by atoms with E-state index in [1.165, 1.54) is 4.70 Å². The molecule has 1 N–H and O–H groups in total. The van der Waals surface area contributed by atoms with E-state index in [9.17, 15) is 4.79 Å². The van der Waals surface area contributed by atoms with Crippen LogP contribution < -0.4 is 10.1 Å². The lowest BCUT2D eigenvalue weighted by molar-refractivity contribution is -0.117. The van der Waals surface area contributed by atoms with E-state index < -0.39 is 0 Å². The van der Waals surface area contributed by atoms with Gasteiger partial charge in [0.1, 0.15) is 10.8 Å². The summed E-state index contributed by atoms with van der Waals surface area (Å²) in [5, 5.41) is 3.92. The van der Waals surface area contributed by atoms with E-state index in [0.29, 0.717) is 6.54 Å². The van der Waals surface area contributed by atoms with Crippen molar-refractivity contribution in [3.8, 4) is 5.75 Å². The van der Waals surface area contributed by atoms with Crippen molar-refractivity contribution in [2.45, 2.75) is 13.0 Å². The molecule has 0 bridgehead atoms. The molecule has 0 radical (unpaired) electrons. The van der Waals surface area contributed by atoms with Crippen molar-refractivity contribution < 1.29 is 9.53 Å². The number of para-hydroxylation sites is 1. The van der Waals surface area contributed by atoms with E-state index in [1.54, 1.807) is 18.4 Å². The van der Waals surface area contributed by atoms with Gasteiger partial charge >= 0.3 is 0 Å². The number of ether oxygens (including phenoxy) is 1. The summed E-state index contributed by atoms with van der Waals surface area (Å²) < 4.78 is 6.28. The standard InChI is InChI=1S/C19H21N3O2S/c1-13(19-21-16-6-4-5-7-17(16)25-19)22(2)12-18(23)20-14-8-10-15(24-3)11-9-14/h4-11,13H,12H2,1-3H3,(H,20,23)/t13-/m0/s1. The highest BCUT2D eigenvalue weighted by Gasteiger charge is 2.18. The van der Waals surface area contributed by atoms with Gasteiger partial charge in [0, 0.05) is 5.69 Å². The molecule has 0 fully saturated rings. The zero-order chi connectivity index (χ0) is 17.8. The number of benzene rings is 2. The van der Waals surface area contributed by atoms with Gasteiger partial charge in [0.25, 0.3) is 0 Å². The van der Waals surface area contributed by atoms with Crippen molar-refractivity contribution in [3.63, 3.8) is 0 Å². The Hall–Kier alpha value is -2.44. The number of anilines is 1. The number of carbonyl (C=O) groups is 1. The van der Waals surface area contributed by atoms with E-state index in [4.69, 9.17) is 4.74 Å². The van der Waals surface area contributed by atoms with Gasteiger partial charge in [-0.2, -0.15) is 0 Å². The molecule has 0 aliphatic heterocycles. The van der Waals surface area contributed by atoms with E-state index in [0.717, 1.165) is 22.0 Å². The Bertz CT molecular complexity index is 827. The van der Waals surface area contributed by atoms with Crippen LogP contribution in [0.3, 0.4) is 0 Å². The van der Waals surface area contributed by atoms with Crippen molar-refractivity contribution in [3.05, 3.63) is 53.5 Å². The van der Waals surface area contributed by atoms with E-state index in [2.05, 4.69) is 23.3 Å². The second-order valence-corrected chi connectivity index (χ2v) is 6.95. The van der Waals surface area contributed by atoms with Crippen molar-refractivity contribution in [2.24, 2.45) is 0 Å². The molecule has 5 nitrogen and oxygen atoms in total. The third-order valence-corrected chi connectivity index (χ3v) is 5.30. The van der Waals surface area contributed by atoms with E-state index in [-0.39, 0.29) is 11.9 Å². The molecular weight excluding hydrogens is 334 g/mol. The Kier molecular flexibility index (Phi) is 5.31. The molecule has 6 heteroatoms. The number of methoxy groups -OCH3 is 1. The second kappa shape index (κ2) is 7.63. The molecule has 0 saturated carbocycles. The van der Waals surface area contributed by atoms with Crippen molar-refractivity contribution in [1.29, 1.82) is 0 Å². The molecule has 3 rings (SSSR count). The number of rotatable bonds is 6. The summed E-state index contributed by atoms with van der Waals surface area (Å²) in [6, 6.07) is 15.5. The zero-order valence-corrected chi connectivity index (χ0v) is 15.3. The average molecular weight is 355 g/mol. The normalized spacial score (nSPS) is 12.3. The molecule has 0 aliphatic carbocycles. The fraction of sp³-hybridized carbons (Fsp3) is 0.263. The fourth-order valence-electron chi connectivity index (χ4n) is 2.50. The molecule has 0 spiro atoms. The number of amides is 1. The van der Waals surface area contributed by atoms with Crippen LogP contribution in [0.4, 0.5) is 5.69 Å². The molecule has 130 valence electrons. The van der Waals surface area contributed by atoms with Crippen LogP contribution in [-0.4, -0.2) is 36.5 Å². The predicted molar refractivity (Wildman–Crippen MR) is 102 cm³/mol. The minimum atomic E-state index is -0.0550. The van der Waals surface area contributed by atoms with Gasteiger partial charge in [-0.25, -0.2) is 4.98 Å². The summed E-state index contributed by atoms with van der Waals surface area (Å²) in [6.07, 6.45) is 0. The number of hydrogen-bond donors (Lipinski definition) is 1. The molecule has 0 saturated heterocycles. The molecule has 25 heavy (non-hydrogen) atoms. The minimum absolute atomic E-state index is 0.0550. The van der Waals surface area contributed by atoms with Crippen molar-refractivity contribution in [2.75, 3.05) is 26.0 Å². The summed E-state index contributed by atoms with van der Waals surface area (Å²) >= 11 is 1.67. The van der Waals surface area contributed by atoms with Crippen molar-refractivity contribution in [1.82, 2.24) is 9.88 Å². The van der Waals surface area contributed by atoms with E-state index >= 15 is 0 Å². The van der Waals surface area contributed by atoms with Crippen molar-refractivity contribution >= 4 is 33.1 Å². The molecule has 3 aromatic rings. The first kappa shape index (κ1) is 17.4. The molecule has 1 atom stereocenters. The maximum Gasteiger partial charge on any atom is 0.238 e. The molecule has 1 aromatic heterocycles. The number of carbonyl (C=O) groups excluding carboxylic acids is 1. The lowest BCUT2D eigenvalue weighted by Gasteiger charge is -2.22. The van der Waals surface area contributed by atoms with Crippen LogP contribution >= 0.6 is 11.3 Å². The summed E-state index contributed by atoms with van der Waals surface area (Å²) in [5.74, 6) is 0.709. The summed E-state index contributed by atoms with van der Waals surface area (Å²) in [7, 11) is 3.55. The zero-order valence-electron chi connectivity index (χ0n) is 14.5. The Morgan fingerprint density at radius 2 is 1.96 bits per heavy atom. The first-order valence-corrected chi connectivity index (χ1v) is 8.88. The highest BCUT2D eigenvalue weighted by Crippen LogP contribution is 2.28. The first-order valence-electron chi connectivity index (χ1n) is 8.06. The SMILES string of the molecule is COc1ccc(NC(=O)CN(C)[C@@H](C)c2nc3ccccc3s2)cc1. The Morgan fingerprint density at radius 3 is 2.64 bits per heavy atom. The highest BCUT2D eigenvalue weighted by atomic mass is 32.1. The number of nitrogens with zero attached hydrogens (tertiary/aromatic N) is 2. The quantitative estimate of drug-likeness (QED) is 0.728. The van der Waals surface area contributed by atoms with Crippen LogP contribution in [0.15, 0.2) is 48.5 Å². The maximum atomic E-state index is 12.3. The molecule has 1 amide bonds. The Labute approximate surface area is 151 Å². The third-order valence-electron chi connectivity index (χ3n) is 4.10. The molecule has 1 heterocycles. The summed E-state index contributed by atoms with van der Waals surface area (Å²) in [6.45, 7) is 2.36. The van der Waals surface area contributed by atoms with Crippen LogP contribution in [0.5, 0.6) is 5.75 Å². The maximum absolute atomic E-state index is 12.3. The number of hydrogen-bond acceptors (Lipinski definition) is 5. The lowest BCUT2D eigenvalue weighted by atomic mass is 10.3. The monoisotopic (exact) mass is 355 g/mol. The van der Waals surface area contributed by atoms with Crippen LogP contribution in [0, 0.1) is 0 Å². The van der Waals surface area contributed by atoms with Gasteiger partial charge in [0.2, 0.25) is 5.91 Å². The van der Waals surface area contributed by atoms with Crippen LogP contribution in [0.25, 0.3) is 10.2 Å². The van der Waals surface area contributed by atoms with Crippen LogP contribution in [0.1, 0.15) is 18.0 Å². The Morgan fingerprint density at radius 1 is 1.24 bits per heavy atom. The van der Waals surface area contributed by atoms with Crippen LogP contribution in [-0.2, 0) is 4.79 Å². The molecule has 0 unspecified atom stereocenters. The Balaban J connectivity index is 1.61.